The van der Waals surface area contributed by atoms with Gasteiger partial charge in [-0.15, -0.1) is 0 Å². The summed E-state index contributed by atoms with van der Waals surface area (Å²) in [6.07, 6.45) is 0. The summed E-state index contributed by atoms with van der Waals surface area (Å²) >= 11 is 0. The van der Waals surface area contributed by atoms with Gasteiger partial charge in [0.25, 0.3) is 0 Å². The zero-order valence-electron chi connectivity index (χ0n) is 37.7. The molecule has 0 N–H and O–H groups in total. The lowest BCUT2D eigenvalue weighted by molar-refractivity contribution is 0.868. The Balaban J connectivity index is 0.000000265. The standard InChI is InChI=1S/2C24H23N.4C2H6/c1-3-25(4-2)23-17-16-19-11-6-8-14-21(19)24(23)22-15-9-12-18-10-5-7-13-20(18)22;1-3-25(4-2)23-16-15-19-10-7-8-12-22(19)24(23)21-14-13-18-9-5-6-11-20(18)17-21;4*1-2/h2*5-17H,3-4H2,1-2H3;4*1-2H3. The number of hydrogen-bond acceptors (Lipinski definition) is 2. The van der Waals surface area contributed by atoms with Gasteiger partial charge in [0.05, 0.1) is 0 Å². The summed E-state index contributed by atoms with van der Waals surface area (Å²) in [5, 5.41) is 10.4. The lowest BCUT2D eigenvalue weighted by atomic mass is 9.92. The monoisotopic (exact) mass is 771 g/mol. The Kier molecular flexibility index (Phi) is 20.1. The van der Waals surface area contributed by atoms with Crippen molar-refractivity contribution in [3.63, 3.8) is 0 Å². The van der Waals surface area contributed by atoms with Crippen LogP contribution in [0.1, 0.15) is 83.1 Å². The Labute approximate surface area is 352 Å². The number of hydrogen-bond donors (Lipinski definition) is 0. The van der Waals surface area contributed by atoms with E-state index < -0.39 is 0 Å². The highest BCUT2D eigenvalue weighted by Crippen LogP contribution is 2.41. The minimum Gasteiger partial charge on any atom is -0.372 e. The van der Waals surface area contributed by atoms with E-state index in [9.17, 15) is 0 Å². The summed E-state index contributed by atoms with van der Waals surface area (Å²) in [6.45, 7) is 28.9. The molecular formula is C56H70N2. The number of anilines is 2. The van der Waals surface area contributed by atoms with Gasteiger partial charge in [-0.1, -0.05) is 195 Å². The second-order valence-electron chi connectivity index (χ2n) is 12.8. The third-order valence-electron chi connectivity index (χ3n) is 10.1. The number of nitrogens with zero attached hydrogens (tertiary/aromatic N) is 2. The lowest BCUT2D eigenvalue weighted by Gasteiger charge is -2.26. The predicted molar refractivity (Wildman–Crippen MR) is 266 cm³/mol. The molecule has 0 aliphatic rings. The summed E-state index contributed by atoms with van der Waals surface area (Å²) in [6, 6.07) is 57.2. The van der Waals surface area contributed by atoms with Crippen LogP contribution in [0.2, 0.25) is 0 Å². The summed E-state index contributed by atoms with van der Waals surface area (Å²) in [4.78, 5) is 4.89. The van der Waals surface area contributed by atoms with Crippen molar-refractivity contribution in [3.05, 3.63) is 158 Å². The van der Waals surface area contributed by atoms with Crippen LogP contribution in [-0.2, 0) is 0 Å². The smallest absolute Gasteiger partial charge is 0.0452 e. The molecule has 0 radical (unpaired) electrons. The van der Waals surface area contributed by atoms with E-state index in [1.807, 2.05) is 55.4 Å². The zero-order valence-corrected chi connectivity index (χ0v) is 37.7. The number of benzene rings is 8. The quantitative estimate of drug-likeness (QED) is 0.152. The molecule has 8 rings (SSSR count). The maximum Gasteiger partial charge on any atom is 0.0452 e. The Morgan fingerprint density at radius 2 is 0.672 bits per heavy atom. The predicted octanol–water partition coefficient (Wildman–Crippen LogP) is 17.1. The molecule has 0 aromatic heterocycles. The van der Waals surface area contributed by atoms with Gasteiger partial charge >= 0.3 is 0 Å². The van der Waals surface area contributed by atoms with Crippen LogP contribution in [0.3, 0.4) is 0 Å². The van der Waals surface area contributed by atoms with Crippen LogP contribution in [0.4, 0.5) is 11.4 Å². The molecule has 0 heterocycles. The first kappa shape index (κ1) is 46.8. The average Bonchev–Trinajstić information content (AvgIpc) is 3.32. The normalized spacial score (nSPS) is 10.0. The molecule has 8 aromatic rings. The van der Waals surface area contributed by atoms with E-state index in [2.05, 4.69) is 195 Å². The van der Waals surface area contributed by atoms with Crippen LogP contribution in [0.15, 0.2) is 158 Å². The van der Waals surface area contributed by atoms with Gasteiger partial charge < -0.3 is 9.80 Å². The fourth-order valence-electron chi connectivity index (χ4n) is 7.55. The van der Waals surface area contributed by atoms with Crippen LogP contribution >= 0.6 is 0 Å². The van der Waals surface area contributed by atoms with Crippen molar-refractivity contribution in [1.82, 2.24) is 0 Å². The summed E-state index contributed by atoms with van der Waals surface area (Å²) < 4.78 is 0. The van der Waals surface area contributed by atoms with Gasteiger partial charge in [0.1, 0.15) is 0 Å². The number of fused-ring (bicyclic) bond motifs is 4. The third-order valence-corrected chi connectivity index (χ3v) is 10.1. The van der Waals surface area contributed by atoms with E-state index in [0.29, 0.717) is 0 Å². The Morgan fingerprint density at radius 3 is 1.17 bits per heavy atom. The van der Waals surface area contributed by atoms with Gasteiger partial charge in [0.15, 0.2) is 0 Å². The highest BCUT2D eigenvalue weighted by atomic mass is 15.1. The highest BCUT2D eigenvalue weighted by Gasteiger charge is 2.17. The second-order valence-corrected chi connectivity index (χ2v) is 12.8. The Hall–Kier alpha value is -5.60. The van der Waals surface area contributed by atoms with E-state index in [0.717, 1.165) is 26.2 Å². The fraction of sp³-hybridized carbons (Fsp3) is 0.286. The van der Waals surface area contributed by atoms with Crippen molar-refractivity contribution in [2.75, 3.05) is 36.0 Å². The van der Waals surface area contributed by atoms with Crippen LogP contribution in [-0.4, -0.2) is 26.2 Å². The molecule has 2 heteroatoms. The summed E-state index contributed by atoms with van der Waals surface area (Å²) in [7, 11) is 0. The largest absolute Gasteiger partial charge is 0.372 e. The van der Waals surface area contributed by atoms with Gasteiger partial charge in [0.2, 0.25) is 0 Å². The van der Waals surface area contributed by atoms with Gasteiger partial charge in [-0.2, -0.15) is 0 Å². The molecule has 0 atom stereocenters. The molecular weight excluding hydrogens is 701 g/mol. The second kappa shape index (κ2) is 24.9. The molecule has 0 amide bonds. The molecule has 8 aromatic carbocycles. The maximum absolute atomic E-state index is 2.45. The van der Waals surface area contributed by atoms with Crippen LogP contribution in [0.5, 0.6) is 0 Å². The van der Waals surface area contributed by atoms with Crippen molar-refractivity contribution in [1.29, 1.82) is 0 Å². The minimum atomic E-state index is 1.01. The van der Waals surface area contributed by atoms with Crippen molar-refractivity contribution in [2.45, 2.75) is 83.1 Å². The lowest BCUT2D eigenvalue weighted by Crippen LogP contribution is -2.22. The molecule has 0 fully saturated rings. The van der Waals surface area contributed by atoms with Crippen LogP contribution in [0.25, 0.3) is 65.3 Å². The van der Waals surface area contributed by atoms with Gasteiger partial charge in [-0.25, -0.2) is 0 Å². The molecule has 0 saturated heterocycles. The van der Waals surface area contributed by atoms with E-state index in [1.54, 1.807) is 0 Å². The first-order chi connectivity index (χ1) is 28.6. The first-order valence-electron chi connectivity index (χ1n) is 22.2. The SMILES string of the molecule is CC.CC.CC.CC.CCN(CC)c1ccc2ccccc2c1-c1ccc2ccccc2c1.CCN(CC)c1ccc2ccccc2c1-c1cccc2ccccc12. The molecule has 304 valence electrons. The molecule has 58 heavy (non-hydrogen) atoms. The van der Waals surface area contributed by atoms with Crippen LogP contribution in [0, 0.1) is 0 Å². The zero-order chi connectivity index (χ0) is 42.5. The average molecular weight is 771 g/mol. The molecule has 0 bridgehead atoms. The fourth-order valence-corrected chi connectivity index (χ4v) is 7.55. The van der Waals surface area contributed by atoms with E-state index >= 15 is 0 Å². The molecule has 0 aliphatic carbocycles. The third kappa shape index (κ3) is 10.7. The summed E-state index contributed by atoms with van der Waals surface area (Å²) in [5.41, 5.74) is 7.93. The Bertz CT molecular complexity index is 2390. The van der Waals surface area contributed by atoms with Crippen LogP contribution < -0.4 is 9.80 Å². The molecule has 0 saturated carbocycles. The van der Waals surface area contributed by atoms with Gasteiger partial charge in [0, 0.05) is 48.7 Å². The molecule has 0 unspecified atom stereocenters. The number of rotatable bonds is 8. The van der Waals surface area contributed by atoms with E-state index in [4.69, 9.17) is 0 Å². The van der Waals surface area contributed by atoms with Crippen molar-refractivity contribution >= 4 is 54.5 Å². The van der Waals surface area contributed by atoms with E-state index in [1.165, 1.54) is 76.7 Å². The topological polar surface area (TPSA) is 6.48 Å². The van der Waals surface area contributed by atoms with Crippen molar-refractivity contribution in [3.8, 4) is 22.3 Å². The highest BCUT2D eigenvalue weighted by molar-refractivity contribution is 6.10. The van der Waals surface area contributed by atoms with Gasteiger partial charge in [-0.3, -0.25) is 0 Å². The van der Waals surface area contributed by atoms with Crippen molar-refractivity contribution < 1.29 is 0 Å². The first-order valence-corrected chi connectivity index (χ1v) is 22.2. The molecule has 0 aliphatic heterocycles. The molecule has 0 spiro atoms. The maximum atomic E-state index is 2.45. The minimum absolute atomic E-state index is 1.01. The van der Waals surface area contributed by atoms with Gasteiger partial charge in [-0.05, 0) is 100 Å². The van der Waals surface area contributed by atoms with E-state index in [-0.39, 0.29) is 0 Å². The van der Waals surface area contributed by atoms with Crippen molar-refractivity contribution in [2.24, 2.45) is 0 Å². The molecule has 2 nitrogen and oxygen atoms in total. The summed E-state index contributed by atoms with van der Waals surface area (Å²) in [5.74, 6) is 0. The Morgan fingerprint density at radius 1 is 0.310 bits per heavy atom.